The van der Waals surface area contributed by atoms with Gasteiger partial charge < -0.3 is 19.3 Å². The Balaban J connectivity index is 0. The van der Waals surface area contributed by atoms with E-state index in [4.69, 9.17) is 9.84 Å². The summed E-state index contributed by atoms with van der Waals surface area (Å²) in [5.41, 5.74) is 0. The van der Waals surface area contributed by atoms with Crippen LogP contribution >= 0.6 is 0 Å². The predicted octanol–water partition coefficient (Wildman–Crippen LogP) is 1.08. The van der Waals surface area contributed by atoms with E-state index in [9.17, 15) is 9.59 Å². The van der Waals surface area contributed by atoms with Crippen molar-refractivity contribution >= 4 is 11.9 Å². The van der Waals surface area contributed by atoms with Crippen molar-refractivity contribution in [3.05, 3.63) is 0 Å². The number of carbonyl (C=O) groups is 2. The summed E-state index contributed by atoms with van der Waals surface area (Å²) < 4.78 is 14.0. The molecule has 0 aromatic rings. The van der Waals surface area contributed by atoms with E-state index >= 15 is 0 Å². The van der Waals surface area contributed by atoms with Crippen molar-refractivity contribution in [2.24, 2.45) is 0 Å². The SMILES string of the molecule is CCOC(=O)CCOC.CCOCCC(=O)O. The number of carboxylic acids is 1. The van der Waals surface area contributed by atoms with E-state index in [0.717, 1.165) is 0 Å². The zero-order valence-electron chi connectivity index (χ0n) is 10.7. The van der Waals surface area contributed by atoms with Gasteiger partial charge in [-0.3, -0.25) is 9.59 Å². The summed E-state index contributed by atoms with van der Waals surface area (Å²) in [6.07, 6.45) is 0.457. The minimum Gasteiger partial charge on any atom is -0.481 e. The number of esters is 1. The number of aliphatic carboxylic acids is 1. The van der Waals surface area contributed by atoms with Gasteiger partial charge in [-0.05, 0) is 13.8 Å². The van der Waals surface area contributed by atoms with Crippen molar-refractivity contribution in [2.45, 2.75) is 26.7 Å². The van der Waals surface area contributed by atoms with Gasteiger partial charge in [0.25, 0.3) is 0 Å². The molecule has 0 atom stereocenters. The molecule has 0 unspecified atom stereocenters. The summed E-state index contributed by atoms with van der Waals surface area (Å²) >= 11 is 0. The van der Waals surface area contributed by atoms with Crippen molar-refractivity contribution in [1.82, 2.24) is 0 Å². The Morgan fingerprint density at radius 3 is 2.12 bits per heavy atom. The van der Waals surface area contributed by atoms with Crippen LogP contribution in [0.5, 0.6) is 0 Å². The molecule has 6 heteroatoms. The molecule has 0 heterocycles. The second-order valence-electron chi connectivity index (χ2n) is 2.89. The highest BCUT2D eigenvalue weighted by molar-refractivity contribution is 5.69. The Labute approximate surface area is 102 Å². The summed E-state index contributed by atoms with van der Waals surface area (Å²) in [5.74, 6) is -1.00. The van der Waals surface area contributed by atoms with Gasteiger partial charge in [-0.15, -0.1) is 0 Å². The van der Waals surface area contributed by atoms with Crippen LogP contribution in [0.3, 0.4) is 0 Å². The monoisotopic (exact) mass is 250 g/mol. The quantitative estimate of drug-likeness (QED) is 0.513. The first-order chi connectivity index (χ1) is 8.08. The number of hydrogen-bond acceptors (Lipinski definition) is 5. The van der Waals surface area contributed by atoms with E-state index in [1.54, 1.807) is 14.0 Å². The van der Waals surface area contributed by atoms with Gasteiger partial charge in [-0.1, -0.05) is 0 Å². The fourth-order valence-corrected chi connectivity index (χ4v) is 0.722. The molecule has 0 spiro atoms. The highest BCUT2D eigenvalue weighted by Crippen LogP contribution is 1.85. The minimum atomic E-state index is -0.807. The Morgan fingerprint density at radius 1 is 1.06 bits per heavy atom. The molecule has 0 fully saturated rings. The molecule has 0 aromatic heterocycles. The second-order valence-corrected chi connectivity index (χ2v) is 2.89. The Hall–Kier alpha value is -1.14. The molecular weight excluding hydrogens is 228 g/mol. The van der Waals surface area contributed by atoms with Crippen molar-refractivity contribution in [1.29, 1.82) is 0 Å². The fraction of sp³-hybridized carbons (Fsp3) is 0.818. The van der Waals surface area contributed by atoms with Gasteiger partial charge >= 0.3 is 11.9 Å². The lowest BCUT2D eigenvalue weighted by Gasteiger charge is -1.98. The lowest BCUT2D eigenvalue weighted by atomic mass is 10.5. The minimum absolute atomic E-state index is 0.105. The molecule has 17 heavy (non-hydrogen) atoms. The molecule has 0 aliphatic carbocycles. The van der Waals surface area contributed by atoms with E-state index in [0.29, 0.717) is 32.8 Å². The maximum absolute atomic E-state index is 10.5. The van der Waals surface area contributed by atoms with Crippen molar-refractivity contribution in [2.75, 3.05) is 33.5 Å². The Kier molecular flexibility index (Phi) is 15.9. The van der Waals surface area contributed by atoms with Crippen LogP contribution in [-0.2, 0) is 23.8 Å². The zero-order chi connectivity index (χ0) is 13.5. The number of methoxy groups -OCH3 is 1. The zero-order valence-corrected chi connectivity index (χ0v) is 10.7. The van der Waals surface area contributed by atoms with Crippen LogP contribution in [0.2, 0.25) is 0 Å². The maximum Gasteiger partial charge on any atom is 0.308 e. The maximum atomic E-state index is 10.5. The summed E-state index contributed by atoms with van der Waals surface area (Å²) in [6, 6.07) is 0. The third kappa shape index (κ3) is 20.8. The number of rotatable bonds is 8. The van der Waals surface area contributed by atoms with Gasteiger partial charge in [-0.2, -0.15) is 0 Å². The Morgan fingerprint density at radius 2 is 1.71 bits per heavy atom. The van der Waals surface area contributed by atoms with Crippen LogP contribution < -0.4 is 0 Å². The molecule has 0 rings (SSSR count). The molecule has 6 nitrogen and oxygen atoms in total. The van der Waals surface area contributed by atoms with Crippen molar-refractivity contribution in [3.63, 3.8) is 0 Å². The Bertz CT molecular complexity index is 192. The number of carbonyl (C=O) groups excluding carboxylic acids is 1. The molecular formula is C11H22O6. The van der Waals surface area contributed by atoms with E-state index in [-0.39, 0.29) is 12.4 Å². The van der Waals surface area contributed by atoms with Gasteiger partial charge in [0.15, 0.2) is 0 Å². The first-order valence-corrected chi connectivity index (χ1v) is 5.52. The lowest BCUT2D eigenvalue weighted by Crippen LogP contribution is -2.06. The molecule has 0 saturated carbocycles. The normalized spacial score (nSPS) is 9.12. The van der Waals surface area contributed by atoms with E-state index in [1.165, 1.54) is 0 Å². The van der Waals surface area contributed by atoms with Crippen LogP contribution in [0.25, 0.3) is 0 Å². The number of ether oxygens (including phenoxy) is 3. The van der Waals surface area contributed by atoms with Crippen LogP contribution in [0.1, 0.15) is 26.7 Å². The molecule has 0 amide bonds. The third-order valence-corrected chi connectivity index (χ3v) is 1.48. The predicted molar refractivity (Wildman–Crippen MR) is 61.9 cm³/mol. The molecule has 0 aliphatic rings. The van der Waals surface area contributed by atoms with Gasteiger partial charge in [0.05, 0.1) is 32.7 Å². The van der Waals surface area contributed by atoms with E-state index in [1.807, 2.05) is 6.92 Å². The highest BCUT2D eigenvalue weighted by atomic mass is 16.5. The van der Waals surface area contributed by atoms with E-state index in [2.05, 4.69) is 9.47 Å². The van der Waals surface area contributed by atoms with Gasteiger partial charge in [-0.25, -0.2) is 0 Å². The average Bonchev–Trinajstić information content (AvgIpc) is 2.27. The van der Waals surface area contributed by atoms with Crippen molar-refractivity contribution in [3.8, 4) is 0 Å². The van der Waals surface area contributed by atoms with Gasteiger partial charge in [0, 0.05) is 13.7 Å². The molecule has 0 aliphatic heterocycles. The van der Waals surface area contributed by atoms with Gasteiger partial charge in [0.2, 0.25) is 0 Å². The average molecular weight is 250 g/mol. The molecule has 1 N–H and O–H groups in total. The fourth-order valence-electron chi connectivity index (χ4n) is 0.722. The van der Waals surface area contributed by atoms with Crippen LogP contribution in [0.15, 0.2) is 0 Å². The molecule has 0 bridgehead atoms. The summed E-state index contributed by atoms with van der Waals surface area (Å²) in [5, 5.41) is 8.06. The lowest BCUT2D eigenvalue weighted by molar-refractivity contribution is -0.144. The summed E-state index contributed by atoms with van der Waals surface area (Å²) in [4.78, 5) is 20.3. The largest absolute Gasteiger partial charge is 0.481 e. The topological polar surface area (TPSA) is 82.1 Å². The number of hydrogen-bond donors (Lipinski definition) is 1. The number of carboxylic acid groups (broad SMARTS) is 1. The summed E-state index contributed by atoms with van der Waals surface area (Å²) in [6.45, 7) is 5.42. The van der Waals surface area contributed by atoms with Gasteiger partial charge in [0.1, 0.15) is 0 Å². The molecule has 0 saturated heterocycles. The molecule has 0 radical (unpaired) electrons. The first-order valence-electron chi connectivity index (χ1n) is 5.52. The highest BCUT2D eigenvalue weighted by Gasteiger charge is 1.98. The van der Waals surface area contributed by atoms with Crippen molar-refractivity contribution < 1.29 is 28.9 Å². The van der Waals surface area contributed by atoms with Crippen LogP contribution in [0, 0.1) is 0 Å². The molecule has 102 valence electrons. The van der Waals surface area contributed by atoms with Crippen LogP contribution in [-0.4, -0.2) is 50.6 Å². The third-order valence-electron chi connectivity index (χ3n) is 1.48. The van der Waals surface area contributed by atoms with E-state index < -0.39 is 5.97 Å². The van der Waals surface area contributed by atoms with Crippen LogP contribution in [0.4, 0.5) is 0 Å². The standard InChI is InChI=1S/C6H12O3.C5H10O3/c1-3-9-6(7)4-5-8-2;1-2-8-4-3-5(6)7/h3-5H2,1-2H3;2-4H2,1H3,(H,6,7). The second kappa shape index (κ2) is 14.9. The molecule has 0 aromatic carbocycles. The first kappa shape index (κ1) is 18.2. The summed E-state index contributed by atoms with van der Waals surface area (Å²) in [7, 11) is 1.55. The smallest absolute Gasteiger partial charge is 0.308 e.